The van der Waals surface area contributed by atoms with Crippen molar-refractivity contribution >= 4 is 83.7 Å². The van der Waals surface area contributed by atoms with E-state index in [0.717, 1.165) is 26.3 Å². The van der Waals surface area contributed by atoms with E-state index in [1.807, 2.05) is 42.5 Å². The highest BCUT2D eigenvalue weighted by molar-refractivity contribution is 9.10. The fourth-order valence-corrected chi connectivity index (χ4v) is 6.70. The van der Waals surface area contributed by atoms with E-state index in [1.54, 1.807) is 78.9 Å². The van der Waals surface area contributed by atoms with Gasteiger partial charge in [0.05, 0.1) is 36.5 Å². The van der Waals surface area contributed by atoms with Crippen LogP contribution in [0, 0.1) is 0 Å². The maximum Gasteiger partial charge on any atom is 0.196 e. The van der Waals surface area contributed by atoms with E-state index in [0.29, 0.717) is 61.5 Å². The molecule has 0 spiro atoms. The summed E-state index contributed by atoms with van der Waals surface area (Å²) >= 11 is 6.68. The van der Waals surface area contributed by atoms with Gasteiger partial charge in [-0.15, -0.1) is 0 Å². The zero-order valence-corrected chi connectivity index (χ0v) is 31.8. The van der Waals surface area contributed by atoms with Gasteiger partial charge in [-0.3, -0.25) is 28.4 Å². The third-order valence-electron chi connectivity index (χ3n) is 8.83. The molecule has 0 amide bonds. The van der Waals surface area contributed by atoms with Crippen molar-refractivity contribution in [3.63, 3.8) is 0 Å². The molecule has 7 aromatic rings. The molecule has 9 rings (SSSR count). The number of hydrogen-bond acceptors (Lipinski definition) is 8. The summed E-state index contributed by atoms with van der Waals surface area (Å²) in [4.78, 5) is 68.5. The van der Waals surface area contributed by atoms with E-state index in [4.69, 9.17) is 12.8 Å². The molecule has 6 aromatic carbocycles. The van der Waals surface area contributed by atoms with Crippen LogP contribution in [-0.4, -0.2) is 46.5 Å². The third-order valence-corrected chi connectivity index (χ3v) is 9.89. The number of fused-ring (bicyclic) bond motifs is 6. The van der Waals surface area contributed by atoms with Crippen molar-refractivity contribution in [3.8, 4) is 11.4 Å². The van der Waals surface area contributed by atoms with Crippen molar-refractivity contribution < 1.29 is 29.7 Å². The van der Waals surface area contributed by atoms with Crippen LogP contribution in [0.5, 0.6) is 0 Å². The van der Waals surface area contributed by atoms with Gasteiger partial charge in [-0.25, -0.2) is 4.98 Å². The van der Waals surface area contributed by atoms with Crippen LogP contribution in [-0.2, 0) is 0 Å². The molecular weight excluding hydrogens is 831 g/mol. The molecule has 0 atom stereocenters. The zero-order valence-electron chi connectivity index (χ0n) is 29.6. The summed E-state index contributed by atoms with van der Waals surface area (Å²) in [6.45, 7) is 0. The summed E-state index contributed by atoms with van der Waals surface area (Å²) in [7, 11) is -1.00. The largest absolute Gasteiger partial charge is 0.397 e. The van der Waals surface area contributed by atoms with Gasteiger partial charge in [-0.2, -0.15) is 0 Å². The highest BCUT2D eigenvalue weighted by Crippen LogP contribution is 2.35. The fraction of sp³-hybridized carbons (Fsp3) is 0.0233. The van der Waals surface area contributed by atoms with Gasteiger partial charge >= 0.3 is 0 Å². The lowest BCUT2D eigenvalue weighted by molar-refractivity contribution is 0.0980. The minimum atomic E-state index is -1.00. The summed E-state index contributed by atoms with van der Waals surface area (Å²) in [5.41, 5.74) is 17.9. The normalized spacial score (nSPS) is 12.2. The second kappa shape index (κ2) is 16.3. The van der Waals surface area contributed by atoms with Crippen LogP contribution >= 0.6 is 31.9 Å². The number of carbonyl (C=O) groups excluding carboxylic acids is 5. The number of imidazole rings is 1. The molecule has 0 bridgehead atoms. The van der Waals surface area contributed by atoms with Crippen molar-refractivity contribution in [2.24, 2.45) is 0 Å². The van der Waals surface area contributed by atoms with E-state index < -0.39 is 7.15 Å². The van der Waals surface area contributed by atoms with Crippen LogP contribution in [0.2, 0.25) is 0 Å². The van der Waals surface area contributed by atoms with E-state index in [-0.39, 0.29) is 34.4 Å². The summed E-state index contributed by atoms with van der Waals surface area (Å²) in [5, 5.41) is 0. The number of alkyl halides is 1. The number of aldehydes is 1. The average molecular weight is 862 g/mol. The monoisotopic (exact) mass is 859 g/mol. The molecule has 2 aliphatic carbocycles. The number of nitrogens with zero attached hydrogens (tertiary/aromatic N) is 1. The summed E-state index contributed by atoms with van der Waals surface area (Å²) in [5.74, 6) is -0.0585. The summed E-state index contributed by atoms with van der Waals surface area (Å²) < 4.78 is 17.5. The Morgan fingerprint density at radius 1 is 0.618 bits per heavy atom. The first-order chi connectivity index (χ1) is 27.0. The SMILES string of the molecule is Nc1ccc2c(c1N)C(=O)c1ccccc1C2=O.O=C1c2ccccc2C(=O)c2c1ccc1[nH]c(-c3ccc(Br)cc3)nc21.O=Cc1ccc(Br)cc1.[2H]CF. The van der Waals surface area contributed by atoms with Crippen molar-refractivity contribution in [3.05, 3.63) is 180 Å². The van der Waals surface area contributed by atoms with Crippen molar-refractivity contribution in [1.82, 2.24) is 9.97 Å². The van der Waals surface area contributed by atoms with Crippen LogP contribution in [0.1, 0.15) is 75.4 Å². The van der Waals surface area contributed by atoms with E-state index in [1.165, 1.54) is 0 Å². The maximum absolute atomic E-state index is 13.0. The van der Waals surface area contributed by atoms with Gasteiger partial charge in [0.2, 0.25) is 0 Å². The number of nitrogen functional groups attached to an aromatic ring is 2. The lowest BCUT2D eigenvalue weighted by Gasteiger charge is -2.19. The third kappa shape index (κ3) is 7.42. The van der Waals surface area contributed by atoms with Gasteiger partial charge in [0.25, 0.3) is 0 Å². The maximum atomic E-state index is 13.0. The Bertz CT molecular complexity index is 2680. The number of rotatable bonds is 2. The van der Waals surface area contributed by atoms with Gasteiger partial charge in [0.15, 0.2) is 23.1 Å². The number of nitrogens with one attached hydrogen (secondary N) is 1. The quantitative estimate of drug-likeness (QED) is 0.114. The van der Waals surface area contributed by atoms with Crippen LogP contribution in [0.25, 0.3) is 22.4 Å². The predicted octanol–water partition coefficient (Wildman–Crippen LogP) is 9.24. The van der Waals surface area contributed by atoms with Gasteiger partial charge in [0.1, 0.15) is 17.6 Å². The number of benzene rings is 6. The number of H-pyrrole nitrogens is 1. The number of ketones is 4. The molecular formula is C43H29Br2FN4O5. The first-order valence-electron chi connectivity index (χ1n) is 17.1. The number of aromatic nitrogens is 2. The molecule has 5 N–H and O–H groups in total. The Morgan fingerprint density at radius 3 is 1.60 bits per heavy atom. The highest BCUT2D eigenvalue weighted by atomic mass is 79.9. The molecule has 0 aliphatic heterocycles. The Hall–Kier alpha value is -6.37. The van der Waals surface area contributed by atoms with Crippen LogP contribution in [0.3, 0.4) is 0 Å². The van der Waals surface area contributed by atoms with E-state index in [2.05, 4.69) is 41.8 Å². The predicted molar refractivity (Wildman–Crippen MR) is 218 cm³/mol. The first-order valence-corrected chi connectivity index (χ1v) is 18.0. The lowest BCUT2D eigenvalue weighted by Crippen LogP contribution is -2.22. The van der Waals surface area contributed by atoms with Gasteiger partial charge in [-0.1, -0.05) is 105 Å². The molecule has 0 saturated heterocycles. The van der Waals surface area contributed by atoms with Crippen molar-refractivity contribution in [2.75, 3.05) is 18.6 Å². The second-order valence-electron chi connectivity index (χ2n) is 12.0. The standard InChI is InChI=1S/C21H11BrN2O2.C14H10N2O2.C7H5BrO.CH3F/c22-12-7-5-11(6-8-12)21-23-16-10-9-15-17(18(16)24-21)20(26)14-4-2-1-3-13(14)19(15)25;15-10-6-5-9-11(12(10)16)14(18)8-4-2-1-3-7(8)13(9)17;8-7-3-1-6(5-9)2-4-7;1-2/h1-10H,(H,23,24);1-6H,15-16H2;1-5H;1H3/i;;;1D. The summed E-state index contributed by atoms with van der Waals surface area (Å²) in [6.07, 6.45) is 0.826. The van der Waals surface area contributed by atoms with Gasteiger partial charge in [0, 0.05) is 53.5 Å². The second-order valence-corrected chi connectivity index (χ2v) is 13.9. The van der Waals surface area contributed by atoms with Crippen molar-refractivity contribution in [1.29, 1.82) is 0 Å². The van der Waals surface area contributed by atoms with Crippen LogP contribution < -0.4 is 11.5 Å². The highest BCUT2D eigenvalue weighted by Gasteiger charge is 2.33. The number of nitrogens with two attached hydrogens (primary N) is 2. The fourth-order valence-electron chi connectivity index (χ4n) is 6.17. The summed E-state index contributed by atoms with van der Waals surface area (Å²) in [6, 6.07) is 35.2. The smallest absolute Gasteiger partial charge is 0.196 e. The molecule has 0 saturated carbocycles. The molecule has 9 nitrogen and oxygen atoms in total. The molecule has 55 heavy (non-hydrogen) atoms. The first kappa shape index (κ1) is 37.0. The van der Waals surface area contributed by atoms with Gasteiger partial charge < -0.3 is 16.5 Å². The Morgan fingerprint density at radius 2 is 1.07 bits per heavy atom. The number of hydrogen-bond donors (Lipinski definition) is 3. The molecule has 1 aromatic heterocycles. The minimum absolute atomic E-state index is 0.134. The molecule has 0 radical (unpaired) electrons. The zero-order chi connectivity index (χ0) is 40.1. The van der Waals surface area contributed by atoms with Crippen LogP contribution in [0.4, 0.5) is 15.8 Å². The molecule has 272 valence electrons. The number of aromatic amines is 1. The van der Waals surface area contributed by atoms with Crippen molar-refractivity contribution in [2.45, 2.75) is 0 Å². The Balaban J connectivity index is 0.000000153. The molecule has 1 heterocycles. The molecule has 0 fully saturated rings. The molecule has 2 aliphatic rings. The molecule has 0 unspecified atom stereocenters. The van der Waals surface area contributed by atoms with E-state index in [9.17, 15) is 28.4 Å². The average Bonchev–Trinajstić information content (AvgIpc) is 3.66. The van der Waals surface area contributed by atoms with Gasteiger partial charge in [-0.05, 0) is 48.5 Å². The number of carbonyl (C=O) groups is 5. The van der Waals surface area contributed by atoms with Crippen LogP contribution in [0.15, 0.2) is 130 Å². The Labute approximate surface area is 332 Å². The molecule has 12 heteroatoms. The number of anilines is 2. The number of halogens is 3. The Kier molecular flexibility index (Phi) is 11.0. The topological polar surface area (TPSA) is 166 Å². The van der Waals surface area contributed by atoms with E-state index >= 15 is 0 Å². The minimum Gasteiger partial charge on any atom is -0.397 e. The lowest BCUT2D eigenvalue weighted by atomic mass is 9.83.